The minimum atomic E-state index is -0.465. The number of halogens is 2. The summed E-state index contributed by atoms with van der Waals surface area (Å²) in [4.78, 5) is 30.4. The van der Waals surface area contributed by atoms with E-state index in [0.717, 1.165) is 0 Å². The Balaban J connectivity index is 1.64. The van der Waals surface area contributed by atoms with E-state index in [4.69, 9.17) is 33.7 Å². The summed E-state index contributed by atoms with van der Waals surface area (Å²) in [5, 5.41) is 3.40. The Hall–Kier alpha value is -2.49. The van der Waals surface area contributed by atoms with Crippen LogP contribution >= 0.6 is 34.5 Å². The van der Waals surface area contributed by atoms with Crippen LogP contribution in [0.5, 0.6) is 0 Å². The number of ether oxygens (including phenoxy) is 1. The molecule has 0 saturated carbocycles. The van der Waals surface area contributed by atoms with Crippen LogP contribution in [0.4, 0.5) is 11.9 Å². The smallest absolute Gasteiger partial charge is 0.312 e. The van der Waals surface area contributed by atoms with Gasteiger partial charge in [-0.25, -0.2) is 4.98 Å². The molecule has 0 aliphatic carbocycles. The molecule has 8 nitrogen and oxygen atoms in total. The summed E-state index contributed by atoms with van der Waals surface area (Å²) in [5.41, 5.74) is 6.86. The van der Waals surface area contributed by atoms with Crippen LogP contribution in [0.1, 0.15) is 11.5 Å². The van der Waals surface area contributed by atoms with Crippen molar-refractivity contribution in [3.63, 3.8) is 0 Å². The zero-order chi connectivity index (χ0) is 20.3. The molecule has 2 N–H and O–H groups in total. The van der Waals surface area contributed by atoms with Crippen molar-refractivity contribution in [2.75, 3.05) is 24.7 Å². The molecule has 28 heavy (non-hydrogen) atoms. The Morgan fingerprint density at radius 1 is 1.18 bits per heavy atom. The van der Waals surface area contributed by atoms with E-state index in [1.54, 1.807) is 42.6 Å². The standard InChI is InChI=1S/C17H16Cl2N6O2S/c1-25(2)17-23-12(22-16(20)24-17)7-27-13(26)6-9-8-28-15(21-9)14-10(18)4-3-5-11(14)19/h3-5,8H,6-7H2,1-2H3,(H2,20,22,23,24). The van der Waals surface area contributed by atoms with Gasteiger partial charge >= 0.3 is 5.97 Å². The van der Waals surface area contributed by atoms with Gasteiger partial charge in [0.25, 0.3) is 0 Å². The molecule has 0 amide bonds. The van der Waals surface area contributed by atoms with Gasteiger partial charge in [-0.3, -0.25) is 4.79 Å². The van der Waals surface area contributed by atoms with E-state index < -0.39 is 5.97 Å². The van der Waals surface area contributed by atoms with Crippen LogP contribution in [0.25, 0.3) is 10.6 Å². The number of esters is 1. The molecule has 1 aromatic carbocycles. The van der Waals surface area contributed by atoms with E-state index in [0.29, 0.717) is 32.3 Å². The van der Waals surface area contributed by atoms with Crippen molar-refractivity contribution in [1.82, 2.24) is 19.9 Å². The first kappa shape index (κ1) is 20.2. The lowest BCUT2D eigenvalue weighted by molar-refractivity contribution is -0.144. The monoisotopic (exact) mass is 438 g/mol. The second-order valence-electron chi connectivity index (χ2n) is 5.88. The van der Waals surface area contributed by atoms with Crippen molar-refractivity contribution >= 4 is 52.4 Å². The average Bonchev–Trinajstić information content (AvgIpc) is 3.07. The molecule has 0 aliphatic rings. The molecule has 0 aliphatic heterocycles. The van der Waals surface area contributed by atoms with E-state index in [9.17, 15) is 4.79 Å². The van der Waals surface area contributed by atoms with Gasteiger partial charge in [0, 0.05) is 25.0 Å². The zero-order valence-electron chi connectivity index (χ0n) is 15.0. The van der Waals surface area contributed by atoms with Crippen molar-refractivity contribution in [2.24, 2.45) is 0 Å². The molecule has 2 aromatic heterocycles. The summed E-state index contributed by atoms with van der Waals surface area (Å²) in [6.07, 6.45) is -0.000322. The highest BCUT2D eigenvalue weighted by molar-refractivity contribution is 7.13. The molecule has 0 fully saturated rings. The topological polar surface area (TPSA) is 107 Å². The van der Waals surface area contributed by atoms with Crippen LogP contribution < -0.4 is 10.6 Å². The molecule has 0 atom stereocenters. The van der Waals surface area contributed by atoms with E-state index in [2.05, 4.69) is 19.9 Å². The highest BCUT2D eigenvalue weighted by Crippen LogP contribution is 2.36. The summed E-state index contributed by atoms with van der Waals surface area (Å²) < 4.78 is 5.23. The first-order valence-corrected chi connectivity index (χ1v) is 9.69. The quantitative estimate of drug-likeness (QED) is 0.584. The summed E-state index contributed by atoms with van der Waals surface area (Å²) in [7, 11) is 3.55. The predicted octanol–water partition coefficient (Wildman–Crippen LogP) is 3.24. The van der Waals surface area contributed by atoms with Crippen molar-refractivity contribution in [3.8, 4) is 10.6 Å². The average molecular weight is 439 g/mol. The Kier molecular flexibility index (Phi) is 6.28. The summed E-state index contributed by atoms with van der Waals surface area (Å²) in [6.45, 7) is -0.111. The lowest BCUT2D eigenvalue weighted by Gasteiger charge is -2.11. The lowest BCUT2D eigenvalue weighted by atomic mass is 10.2. The lowest BCUT2D eigenvalue weighted by Crippen LogP contribution is -2.17. The first-order chi connectivity index (χ1) is 13.3. The second-order valence-corrected chi connectivity index (χ2v) is 7.55. The predicted molar refractivity (Wildman–Crippen MR) is 110 cm³/mol. The number of rotatable bonds is 6. The molecular formula is C17H16Cl2N6O2S. The number of anilines is 2. The fraction of sp³-hybridized carbons (Fsp3) is 0.235. The third-order valence-corrected chi connectivity index (χ3v) is 5.04. The summed E-state index contributed by atoms with van der Waals surface area (Å²) in [5.74, 6) is 0.253. The van der Waals surface area contributed by atoms with Gasteiger partial charge in [0.1, 0.15) is 5.01 Å². The SMILES string of the molecule is CN(C)c1nc(N)nc(COC(=O)Cc2csc(-c3c(Cl)cccc3Cl)n2)n1. The minimum Gasteiger partial charge on any atom is -0.457 e. The Bertz CT molecular complexity index is 991. The maximum Gasteiger partial charge on any atom is 0.312 e. The van der Waals surface area contributed by atoms with Crippen LogP contribution in [0, 0.1) is 0 Å². The van der Waals surface area contributed by atoms with Gasteiger partial charge in [-0.1, -0.05) is 29.3 Å². The fourth-order valence-corrected chi connectivity index (χ4v) is 3.82. The third-order valence-electron chi connectivity index (χ3n) is 3.50. The van der Waals surface area contributed by atoms with Gasteiger partial charge in [0.2, 0.25) is 11.9 Å². The Morgan fingerprint density at radius 2 is 1.89 bits per heavy atom. The molecule has 2 heterocycles. The molecular weight excluding hydrogens is 423 g/mol. The minimum absolute atomic E-state index is 0.000322. The third kappa shape index (κ3) is 4.86. The van der Waals surface area contributed by atoms with Gasteiger partial charge in [0.05, 0.1) is 22.2 Å². The number of thiazole rings is 1. The first-order valence-electron chi connectivity index (χ1n) is 8.05. The molecule has 0 radical (unpaired) electrons. The molecule has 0 unspecified atom stereocenters. The highest BCUT2D eigenvalue weighted by atomic mass is 35.5. The number of nitrogens with two attached hydrogens (primary N) is 1. The zero-order valence-corrected chi connectivity index (χ0v) is 17.3. The Labute approximate surface area is 175 Å². The maximum absolute atomic E-state index is 12.1. The van der Waals surface area contributed by atoms with Crippen molar-refractivity contribution in [1.29, 1.82) is 0 Å². The molecule has 0 spiro atoms. The van der Waals surface area contributed by atoms with Gasteiger partial charge in [-0.05, 0) is 12.1 Å². The van der Waals surface area contributed by atoms with Gasteiger partial charge in [-0.2, -0.15) is 15.0 Å². The van der Waals surface area contributed by atoms with Crippen LogP contribution in [0.15, 0.2) is 23.6 Å². The maximum atomic E-state index is 12.1. The number of nitrogen functional groups attached to an aromatic ring is 1. The number of hydrogen-bond acceptors (Lipinski definition) is 9. The number of carbonyl (C=O) groups excluding carboxylic acids is 1. The molecule has 3 aromatic rings. The molecule has 11 heteroatoms. The van der Waals surface area contributed by atoms with E-state index in [1.807, 2.05) is 0 Å². The van der Waals surface area contributed by atoms with E-state index in [1.165, 1.54) is 11.3 Å². The van der Waals surface area contributed by atoms with Crippen molar-refractivity contribution in [3.05, 3.63) is 45.1 Å². The molecule has 0 saturated heterocycles. The fourth-order valence-electron chi connectivity index (χ4n) is 2.24. The normalized spacial score (nSPS) is 10.7. The van der Waals surface area contributed by atoms with Crippen LogP contribution in [0.2, 0.25) is 10.0 Å². The summed E-state index contributed by atoms with van der Waals surface area (Å²) >= 11 is 13.8. The van der Waals surface area contributed by atoms with E-state index in [-0.39, 0.29) is 24.8 Å². The van der Waals surface area contributed by atoms with Crippen LogP contribution in [-0.4, -0.2) is 40.0 Å². The molecule has 146 valence electrons. The van der Waals surface area contributed by atoms with Gasteiger partial charge in [-0.15, -0.1) is 11.3 Å². The van der Waals surface area contributed by atoms with Crippen LogP contribution in [0.3, 0.4) is 0 Å². The van der Waals surface area contributed by atoms with Crippen molar-refractivity contribution < 1.29 is 9.53 Å². The number of hydrogen-bond donors (Lipinski definition) is 1. The largest absolute Gasteiger partial charge is 0.457 e. The second kappa shape index (κ2) is 8.68. The number of nitrogens with zero attached hydrogens (tertiary/aromatic N) is 5. The highest BCUT2D eigenvalue weighted by Gasteiger charge is 2.15. The summed E-state index contributed by atoms with van der Waals surface area (Å²) in [6, 6.07) is 5.23. The molecule has 0 bridgehead atoms. The number of aromatic nitrogens is 4. The van der Waals surface area contributed by atoms with E-state index >= 15 is 0 Å². The van der Waals surface area contributed by atoms with Gasteiger partial charge in [0.15, 0.2) is 12.4 Å². The number of benzene rings is 1. The Morgan fingerprint density at radius 3 is 2.57 bits per heavy atom. The van der Waals surface area contributed by atoms with Crippen LogP contribution in [-0.2, 0) is 22.6 Å². The molecule has 3 rings (SSSR count). The van der Waals surface area contributed by atoms with Gasteiger partial charge < -0.3 is 15.4 Å². The van der Waals surface area contributed by atoms with Crippen molar-refractivity contribution in [2.45, 2.75) is 13.0 Å². The number of carbonyl (C=O) groups is 1.